The molecule has 0 aliphatic carbocycles. The van der Waals surface area contributed by atoms with Crippen molar-refractivity contribution in [1.82, 2.24) is 0 Å². The minimum absolute atomic E-state index is 0.336. The van der Waals surface area contributed by atoms with Crippen molar-refractivity contribution in [1.29, 1.82) is 0 Å². The van der Waals surface area contributed by atoms with E-state index in [2.05, 4.69) is 20.3 Å². The number of hydrogen-bond acceptors (Lipinski definition) is 2. The van der Waals surface area contributed by atoms with E-state index in [0.29, 0.717) is 13.0 Å². The van der Waals surface area contributed by atoms with Gasteiger partial charge in [0.2, 0.25) is 0 Å². The highest BCUT2D eigenvalue weighted by atomic mass is 79.9. The van der Waals surface area contributed by atoms with Crippen LogP contribution in [0.3, 0.4) is 0 Å². The normalized spacial score (nSPS) is 19.2. The molecular weight excluding hydrogens is 314 g/mol. The molecule has 0 amide bonds. The Hall–Kier alpha value is -0.680. The minimum atomic E-state index is -1.23. The van der Waals surface area contributed by atoms with E-state index in [4.69, 9.17) is 4.74 Å². The Bertz CT molecular complexity index is 520. The molecule has 0 saturated carbocycles. The van der Waals surface area contributed by atoms with Crippen LogP contribution < -0.4 is 4.74 Å². The maximum Gasteiger partial charge on any atom is 0.145 e. The van der Waals surface area contributed by atoms with Gasteiger partial charge in [0.05, 0.1) is 17.1 Å². The summed E-state index contributed by atoms with van der Waals surface area (Å²) in [6.45, 7) is 6.37. The molecule has 1 heterocycles. The fraction of sp³-hybridized carbons (Fsp3) is 0.462. The monoisotopic (exact) mass is 329 g/mol. The summed E-state index contributed by atoms with van der Waals surface area (Å²) in [5.41, 5.74) is 1.80. The van der Waals surface area contributed by atoms with Crippen LogP contribution in [-0.4, -0.2) is 21.3 Å². The van der Waals surface area contributed by atoms with E-state index in [9.17, 15) is 4.21 Å². The Morgan fingerprint density at radius 3 is 2.78 bits per heavy atom. The largest absolute Gasteiger partial charge is 0.492 e. The van der Waals surface area contributed by atoms with Gasteiger partial charge in [-0.2, -0.15) is 4.40 Å². The van der Waals surface area contributed by atoms with E-state index < -0.39 is 11.0 Å². The van der Waals surface area contributed by atoms with E-state index in [1.807, 2.05) is 39.0 Å². The standard InChI is InChI=1S/C13H16BrNO2S/c1-13(2,3)18(16)15-11-6-7-17-12-5-4-9(14)8-10(11)12/h4-5,8H,6-7H2,1-3H3/t18-/m1/s1. The number of fused-ring (bicyclic) bond motifs is 1. The third-order valence-electron chi connectivity index (χ3n) is 2.57. The summed E-state index contributed by atoms with van der Waals surface area (Å²) in [4.78, 5) is 0. The number of rotatable bonds is 1. The van der Waals surface area contributed by atoms with Crippen molar-refractivity contribution in [3.63, 3.8) is 0 Å². The molecule has 0 bridgehead atoms. The van der Waals surface area contributed by atoms with Gasteiger partial charge in [-0.15, -0.1) is 0 Å². The summed E-state index contributed by atoms with van der Waals surface area (Å²) in [5, 5.41) is 0. The molecule has 1 aliphatic rings. The zero-order valence-corrected chi connectivity index (χ0v) is 13.1. The predicted molar refractivity (Wildman–Crippen MR) is 78.7 cm³/mol. The van der Waals surface area contributed by atoms with Gasteiger partial charge >= 0.3 is 0 Å². The highest BCUT2D eigenvalue weighted by Crippen LogP contribution is 2.29. The maximum absolute atomic E-state index is 12.1. The van der Waals surface area contributed by atoms with Gasteiger partial charge in [0.1, 0.15) is 16.7 Å². The Morgan fingerprint density at radius 1 is 1.39 bits per heavy atom. The summed E-state index contributed by atoms with van der Waals surface area (Å²) in [5.74, 6) is 0.814. The first-order valence-corrected chi connectivity index (χ1v) is 7.70. The van der Waals surface area contributed by atoms with Gasteiger partial charge in [-0.05, 0) is 39.0 Å². The highest BCUT2D eigenvalue weighted by Gasteiger charge is 2.23. The lowest BCUT2D eigenvalue weighted by molar-refractivity contribution is 0.320. The van der Waals surface area contributed by atoms with Crippen molar-refractivity contribution < 1.29 is 8.95 Å². The zero-order valence-electron chi connectivity index (χ0n) is 10.7. The number of benzene rings is 1. The first-order chi connectivity index (χ1) is 8.38. The molecule has 0 radical (unpaired) electrons. The molecule has 2 rings (SSSR count). The molecule has 0 aromatic heterocycles. The lowest BCUT2D eigenvalue weighted by atomic mass is 10.0. The SMILES string of the molecule is CC(C)(C)[S@@](=O)N=C1CCOc2ccc(Br)cc21. The number of halogens is 1. The van der Waals surface area contributed by atoms with Crippen molar-refractivity contribution in [2.24, 2.45) is 4.40 Å². The second kappa shape index (κ2) is 5.13. The van der Waals surface area contributed by atoms with E-state index in [0.717, 1.165) is 21.5 Å². The molecule has 3 nitrogen and oxygen atoms in total. The number of ether oxygens (including phenoxy) is 1. The van der Waals surface area contributed by atoms with Crippen LogP contribution in [-0.2, 0) is 11.0 Å². The van der Waals surface area contributed by atoms with Crippen LogP contribution in [0.2, 0.25) is 0 Å². The molecule has 0 unspecified atom stereocenters. The van der Waals surface area contributed by atoms with Crippen molar-refractivity contribution in [2.75, 3.05) is 6.61 Å². The second-order valence-corrected chi connectivity index (χ2v) is 7.96. The first kappa shape index (κ1) is 13.7. The number of hydrogen-bond donors (Lipinski definition) is 0. The lowest BCUT2D eigenvalue weighted by Gasteiger charge is -2.21. The fourth-order valence-electron chi connectivity index (χ4n) is 1.58. The van der Waals surface area contributed by atoms with Crippen molar-refractivity contribution in [2.45, 2.75) is 31.9 Å². The minimum Gasteiger partial charge on any atom is -0.492 e. The molecule has 0 fully saturated rings. The van der Waals surface area contributed by atoms with Gasteiger partial charge in [-0.1, -0.05) is 15.9 Å². The van der Waals surface area contributed by atoms with Crippen molar-refractivity contribution in [3.8, 4) is 5.75 Å². The Labute approximate surface area is 118 Å². The van der Waals surface area contributed by atoms with Crippen LogP contribution in [0.5, 0.6) is 5.75 Å². The van der Waals surface area contributed by atoms with Gasteiger partial charge < -0.3 is 4.74 Å². The van der Waals surface area contributed by atoms with Gasteiger partial charge in [0, 0.05) is 16.5 Å². The molecule has 1 aromatic rings. The predicted octanol–water partition coefficient (Wildman–Crippen LogP) is 3.48. The van der Waals surface area contributed by atoms with Crippen molar-refractivity contribution >= 4 is 32.6 Å². The second-order valence-electron chi connectivity index (χ2n) is 5.14. The molecule has 5 heteroatoms. The van der Waals surface area contributed by atoms with Gasteiger partial charge in [0.15, 0.2) is 0 Å². The van der Waals surface area contributed by atoms with Crippen LogP contribution in [0.15, 0.2) is 27.1 Å². The van der Waals surface area contributed by atoms with Gasteiger partial charge in [-0.3, -0.25) is 0 Å². The third kappa shape index (κ3) is 3.01. The average Bonchev–Trinajstić information content (AvgIpc) is 2.28. The van der Waals surface area contributed by atoms with E-state index in [-0.39, 0.29) is 4.75 Å². The van der Waals surface area contributed by atoms with Crippen LogP contribution >= 0.6 is 15.9 Å². The molecule has 0 saturated heterocycles. The van der Waals surface area contributed by atoms with Crippen LogP contribution in [0.25, 0.3) is 0 Å². The highest BCUT2D eigenvalue weighted by molar-refractivity contribution is 9.10. The summed E-state index contributed by atoms with van der Waals surface area (Å²) in [7, 11) is -1.23. The molecule has 0 N–H and O–H groups in total. The van der Waals surface area contributed by atoms with Crippen LogP contribution in [0.1, 0.15) is 32.8 Å². The third-order valence-corrected chi connectivity index (χ3v) is 4.49. The zero-order chi connectivity index (χ0) is 13.3. The van der Waals surface area contributed by atoms with Crippen LogP contribution in [0, 0.1) is 0 Å². The summed E-state index contributed by atoms with van der Waals surface area (Å²) < 4.78 is 22.7. The molecular formula is C13H16BrNO2S. The first-order valence-electron chi connectivity index (χ1n) is 5.80. The smallest absolute Gasteiger partial charge is 0.145 e. The van der Waals surface area contributed by atoms with E-state index >= 15 is 0 Å². The maximum atomic E-state index is 12.1. The molecule has 0 spiro atoms. The summed E-state index contributed by atoms with van der Waals surface area (Å²) in [6.07, 6.45) is 0.700. The van der Waals surface area contributed by atoms with Gasteiger partial charge in [-0.25, -0.2) is 4.21 Å². The lowest BCUT2D eigenvalue weighted by Crippen LogP contribution is -2.23. The van der Waals surface area contributed by atoms with E-state index in [1.54, 1.807) is 0 Å². The molecule has 1 atom stereocenters. The summed E-state index contributed by atoms with van der Waals surface area (Å²) in [6, 6.07) is 5.81. The summed E-state index contributed by atoms with van der Waals surface area (Å²) >= 11 is 3.44. The van der Waals surface area contributed by atoms with E-state index in [1.165, 1.54) is 0 Å². The molecule has 1 aromatic carbocycles. The van der Waals surface area contributed by atoms with Gasteiger partial charge in [0.25, 0.3) is 0 Å². The average molecular weight is 330 g/mol. The molecule has 98 valence electrons. The Morgan fingerprint density at radius 2 is 2.11 bits per heavy atom. The Kier molecular flexibility index (Phi) is 3.92. The quantitative estimate of drug-likeness (QED) is 0.791. The Balaban J connectivity index is 2.41. The van der Waals surface area contributed by atoms with Crippen molar-refractivity contribution in [3.05, 3.63) is 28.2 Å². The molecule has 18 heavy (non-hydrogen) atoms. The van der Waals surface area contributed by atoms with Crippen LogP contribution in [0.4, 0.5) is 0 Å². The molecule has 1 aliphatic heterocycles. The topological polar surface area (TPSA) is 38.7 Å². The number of nitrogens with zero attached hydrogens (tertiary/aromatic N) is 1. The fourth-order valence-corrected chi connectivity index (χ4v) is 2.60.